The second kappa shape index (κ2) is 12.3. The van der Waals surface area contributed by atoms with Crippen molar-refractivity contribution >= 4 is 40.8 Å². The number of esters is 1. The first-order valence-corrected chi connectivity index (χ1v) is 10.7. The van der Waals surface area contributed by atoms with Gasteiger partial charge in [0.05, 0.1) is 25.5 Å². The van der Waals surface area contributed by atoms with Crippen LogP contribution in [0.2, 0.25) is 5.02 Å². The SMILES string of the molecule is COc1cccc(NC(=O)COc2ccc(C(=O)OCC(=O)Nc3cc(Cl)ccc3OC)cc2)c1. The fourth-order valence-electron chi connectivity index (χ4n) is 2.91. The molecule has 3 aromatic carbocycles. The lowest BCUT2D eigenvalue weighted by molar-refractivity contribution is -0.119. The van der Waals surface area contributed by atoms with Crippen LogP contribution in [0.1, 0.15) is 10.4 Å². The van der Waals surface area contributed by atoms with Crippen LogP contribution in [0.3, 0.4) is 0 Å². The Kier molecular flexibility index (Phi) is 8.91. The summed E-state index contributed by atoms with van der Waals surface area (Å²) in [6, 6.07) is 17.7. The number of anilines is 2. The molecule has 0 spiro atoms. The van der Waals surface area contributed by atoms with E-state index in [1.54, 1.807) is 36.4 Å². The lowest BCUT2D eigenvalue weighted by Crippen LogP contribution is -2.21. The van der Waals surface area contributed by atoms with Crippen molar-refractivity contribution in [2.45, 2.75) is 0 Å². The van der Waals surface area contributed by atoms with Crippen LogP contribution in [-0.4, -0.2) is 45.2 Å². The number of carbonyl (C=O) groups is 3. The number of carbonyl (C=O) groups excluding carboxylic acids is 3. The minimum absolute atomic E-state index is 0.214. The van der Waals surface area contributed by atoms with Crippen molar-refractivity contribution in [3.05, 3.63) is 77.3 Å². The van der Waals surface area contributed by atoms with Crippen LogP contribution in [0, 0.1) is 0 Å². The van der Waals surface area contributed by atoms with Gasteiger partial charge < -0.3 is 29.6 Å². The van der Waals surface area contributed by atoms with E-state index < -0.39 is 18.5 Å². The monoisotopic (exact) mass is 498 g/mol. The largest absolute Gasteiger partial charge is 0.497 e. The maximum absolute atomic E-state index is 12.2. The predicted octanol–water partition coefficient (Wildman–Crippen LogP) is 4.17. The molecule has 9 nitrogen and oxygen atoms in total. The average Bonchev–Trinajstić information content (AvgIpc) is 2.86. The Morgan fingerprint density at radius 2 is 1.54 bits per heavy atom. The highest BCUT2D eigenvalue weighted by Crippen LogP contribution is 2.27. The van der Waals surface area contributed by atoms with E-state index in [1.165, 1.54) is 44.6 Å². The molecule has 0 radical (unpaired) electrons. The maximum atomic E-state index is 12.2. The molecule has 0 heterocycles. The average molecular weight is 499 g/mol. The number of nitrogens with one attached hydrogen (secondary N) is 2. The van der Waals surface area contributed by atoms with Crippen LogP contribution in [0.25, 0.3) is 0 Å². The van der Waals surface area contributed by atoms with Crippen LogP contribution in [0.5, 0.6) is 17.2 Å². The van der Waals surface area contributed by atoms with Gasteiger partial charge in [0.15, 0.2) is 13.2 Å². The molecule has 2 N–H and O–H groups in total. The second-order valence-corrected chi connectivity index (χ2v) is 7.50. The van der Waals surface area contributed by atoms with Crippen LogP contribution in [0.15, 0.2) is 66.7 Å². The molecule has 10 heteroatoms. The molecule has 3 aromatic rings. The summed E-state index contributed by atoms with van der Waals surface area (Å²) in [5.74, 6) is -0.187. The third-order valence-electron chi connectivity index (χ3n) is 4.58. The molecule has 2 amide bonds. The Balaban J connectivity index is 1.45. The topological polar surface area (TPSA) is 112 Å². The summed E-state index contributed by atoms with van der Waals surface area (Å²) in [4.78, 5) is 36.5. The van der Waals surface area contributed by atoms with E-state index in [9.17, 15) is 14.4 Å². The Bertz CT molecular complexity index is 1200. The third kappa shape index (κ3) is 7.65. The van der Waals surface area contributed by atoms with Crippen molar-refractivity contribution in [2.24, 2.45) is 0 Å². The standard InChI is InChI=1S/C25H23ClN2O7/c1-32-20-5-3-4-18(13-20)27-23(29)14-34-19-9-6-16(7-10-19)25(31)35-15-24(30)28-21-12-17(26)8-11-22(21)33-2/h3-13H,14-15H2,1-2H3,(H,27,29)(H,28,30). The van der Waals surface area contributed by atoms with Gasteiger partial charge in [-0.15, -0.1) is 0 Å². The zero-order valence-electron chi connectivity index (χ0n) is 19.0. The molecule has 0 aromatic heterocycles. The van der Waals surface area contributed by atoms with Gasteiger partial charge in [-0.2, -0.15) is 0 Å². The van der Waals surface area contributed by atoms with Gasteiger partial charge >= 0.3 is 5.97 Å². The quantitative estimate of drug-likeness (QED) is 0.403. The fraction of sp³-hybridized carbons (Fsp3) is 0.160. The molecule has 0 aliphatic carbocycles. The molecular weight excluding hydrogens is 476 g/mol. The molecule has 3 rings (SSSR count). The van der Waals surface area contributed by atoms with Gasteiger partial charge in [-0.1, -0.05) is 17.7 Å². The molecule has 0 bridgehead atoms. The zero-order chi connectivity index (χ0) is 25.2. The molecular formula is C25H23ClN2O7. The molecule has 35 heavy (non-hydrogen) atoms. The van der Waals surface area contributed by atoms with Gasteiger partial charge in [-0.3, -0.25) is 9.59 Å². The highest BCUT2D eigenvalue weighted by Gasteiger charge is 2.13. The summed E-state index contributed by atoms with van der Waals surface area (Å²) in [7, 11) is 3.00. The van der Waals surface area contributed by atoms with Crippen molar-refractivity contribution in [2.75, 3.05) is 38.1 Å². The summed E-state index contributed by atoms with van der Waals surface area (Å²) in [5.41, 5.74) is 1.15. The summed E-state index contributed by atoms with van der Waals surface area (Å²) in [6.07, 6.45) is 0. The number of rotatable bonds is 10. The molecule has 0 atom stereocenters. The molecule has 0 saturated carbocycles. The van der Waals surface area contributed by atoms with Crippen molar-refractivity contribution < 1.29 is 33.3 Å². The number of amides is 2. The number of hydrogen-bond acceptors (Lipinski definition) is 7. The second-order valence-electron chi connectivity index (χ2n) is 7.06. The first kappa shape index (κ1) is 25.4. The molecule has 0 unspecified atom stereocenters. The Labute approximate surface area is 206 Å². The highest BCUT2D eigenvalue weighted by atomic mass is 35.5. The Morgan fingerprint density at radius 3 is 2.26 bits per heavy atom. The summed E-state index contributed by atoms with van der Waals surface area (Å²) >= 11 is 5.94. The first-order chi connectivity index (χ1) is 16.9. The zero-order valence-corrected chi connectivity index (χ0v) is 19.8. The van der Waals surface area contributed by atoms with Crippen molar-refractivity contribution in [3.8, 4) is 17.2 Å². The van der Waals surface area contributed by atoms with Crippen LogP contribution in [-0.2, 0) is 14.3 Å². The van der Waals surface area contributed by atoms with Gasteiger partial charge in [-0.25, -0.2) is 4.79 Å². The van der Waals surface area contributed by atoms with E-state index in [-0.39, 0.29) is 18.1 Å². The van der Waals surface area contributed by atoms with Crippen LogP contribution >= 0.6 is 11.6 Å². The van der Waals surface area contributed by atoms with Crippen molar-refractivity contribution in [1.29, 1.82) is 0 Å². The van der Waals surface area contributed by atoms with E-state index in [4.69, 9.17) is 30.5 Å². The number of ether oxygens (including phenoxy) is 4. The Hall–Kier alpha value is -4.24. The summed E-state index contributed by atoms with van der Waals surface area (Å²) in [5, 5.41) is 5.69. The van der Waals surface area contributed by atoms with E-state index >= 15 is 0 Å². The highest BCUT2D eigenvalue weighted by molar-refractivity contribution is 6.31. The molecule has 0 saturated heterocycles. The van der Waals surface area contributed by atoms with E-state index in [0.717, 1.165) is 0 Å². The minimum atomic E-state index is -0.694. The third-order valence-corrected chi connectivity index (χ3v) is 4.82. The molecule has 0 aliphatic heterocycles. The van der Waals surface area contributed by atoms with Gasteiger partial charge in [0.2, 0.25) is 0 Å². The van der Waals surface area contributed by atoms with Gasteiger partial charge in [-0.05, 0) is 54.6 Å². The van der Waals surface area contributed by atoms with Gasteiger partial charge in [0.25, 0.3) is 11.8 Å². The van der Waals surface area contributed by atoms with Crippen molar-refractivity contribution in [1.82, 2.24) is 0 Å². The summed E-state index contributed by atoms with van der Waals surface area (Å²) < 4.78 is 20.8. The van der Waals surface area contributed by atoms with E-state index in [0.29, 0.717) is 33.6 Å². The lowest BCUT2D eigenvalue weighted by Gasteiger charge is -2.11. The number of benzene rings is 3. The van der Waals surface area contributed by atoms with E-state index in [1.807, 2.05) is 0 Å². The smallest absolute Gasteiger partial charge is 0.338 e. The Morgan fingerprint density at radius 1 is 0.800 bits per heavy atom. The molecule has 182 valence electrons. The number of methoxy groups -OCH3 is 2. The predicted molar refractivity (Wildman–Crippen MR) is 130 cm³/mol. The van der Waals surface area contributed by atoms with Gasteiger partial charge in [0, 0.05) is 16.8 Å². The van der Waals surface area contributed by atoms with Gasteiger partial charge in [0.1, 0.15) is 17.2 Å². The molecule has 0 aliphatic rings. The summed E-state index contributed by atoms with van der Waals surface area (Å²) in [6.45, 7) is -0.731. The normalized spacial score (nSPS) is 10.1. The van der Waals surface area contributed by atoms with Crippen LogP contribution < -0.4 is 24.8 Å². The lowest BCUT2D eigenvalue weighted by atomic mass is 10.2. The number of hydrogen-bond donors (Lipinski definition) is 2. The van der Waals surface area contributed by atoms with Crippen LogP contribution in [0.4, 0.5) is 11.4 Å². The maximum Gasteiger partial charge on any atom is 0.338 e. The minimum Gasteiger partial charge on any atom is -0.497 e. The first-order valence-electron chi connectivity index (χ1n) is 10.3. The van der Waals surface area contributed by atoms with E-state index in [2.05, 4.69) is 10.6 Å². The number of halogens is 1. The fourth-order valence-corrected chi connectivity index (χ4v) is 3.08. The molecule has 0 fully saturated rings. The van der Waals surface area contributed by atoms with Crippen molar-refractivity contribution in [3.63, 3.8) is 0 Å².